The zero-order valence-corrected chi connectivity index (χ0v) is 8.84. The summed E-state index contributed by atoms with van der Waals surface area (Å²) in [7, 11) is 0. The quantitative estimate of drug-likeness (QED) is 0.856. The molecule has 0 atom stereocenters. The maximum atomic E-state index is 13.1. The second-order valence-corrected chi connectivity index (χ2v) is 3.44. The van der Waals surface area contributed by atoms with Gasteiger partial charge in [0.15, 0.2) is 0 Å². The summed E-state index contributed by atoms with van der Waals surface area (Å²) in [5, 5.41) is 8.38. The lowest BCUT2D eigenvalue weighted by Crippen LogP contribution is -1.92. The summed E-state index contributed by atoms with van der Waals surface area (Å²) in [5.74, 6) is -2.10. The Balaban J connectivity index is 2.71. The van der Waals surface area contributed by atoms with Crippen molar-refractivity contribution < 1.29 is 18.7 Å². The number of benzene rings is 1. The van der Waals surface area contributed by atoms with Crippen molar-refractivity contribution in [2.75, 3.05) is 0 Å². The molecule has 0 radical (unpaired) electrons. The van der Waals surface area contributed by atoms with Gasteiger partial charge in [-0.2, -0.15) is 0 Å². The number of hydrogen-bond donors (Lipinski definition) is 1. The normalized spacial score (nSPS) is 10.9. The zero-order valence-electron chi connectivity index (χ0n) is 8.84. The van der Waals surface area contributed by atoms with E-state index in [2.05, 4.69) is 0 Å². The first kappa shape index (κ1) is 12.4. The minimum absolute atomic E-state index is 0.00727. The van der Waals surface area contributed by atoms with Crippen LogP contribution in [0.4, 0.5) is 8.78 Å². The number of carboxylic acids is 1. The van der Waals surface area contributed by atoms with Crippen LogP contribution in [0.3, 0.4) is 0 Å². The largest absolute Gasteiger partial charge is 0.481 e. The average Bonchev–Trinajstić information content (AvgIpc) is 2.20. The molecule has 0 saturated heterocycles. The molecule has 0 aliphatic rings. The lowest BCUT2D eigenvalue weighted by atomic mass is 10.1. The van der Waals surface area contributed by atoms with E-state index in [1.54, 1.807) is 6.08 Å². The van der Waals surface area contributed by atoms with Crippen LogP contribution >= 0.6 is 0 Å². The molecule has 0 spiro atoms. The fourth-order valence-corrected chi connectivity index (χ4v) is 1.19. The smallest absolute Gasteiger partial charge is 0.303 e. The lowest BCUT2D eigenvalue weighted by molar-refractivity contribution is -0.136. The lowest BCUT2D eigenvalue weighted by Gasteiger charge is -2.00. The summed E-state index contributed by atoms with van der Waals surface area (Å²) in [4.78, 5) is 10.2. The van der Waals surface area contributed by atoms with Gasteiger partial charge in [-0.25, -0.2) is 8.78 Å². The molecule has 0 aromatic heterocycles. The molecule has 0 bridgehead atoms. The number of hydrogen-bond acceptors (Lipinski definition) is 1. The summed E-state index contributed by atoms with van der Waals surface area (Å²) in [5.41, 5.74) is 0.383. The minimum atomic E-state index is -0.897. The van der Waals surface area contributed by atoms with Crippen molar-refractivity contribution in [3.8, 4) is 0 Å². The van der Waals surface area contributed by atoms with Crippen LogP contribution in [0, 0.1) is 18.6 Å². The van der Waals surface area contributed by atoms with E-state index in [1.165, 1.54) is 25.1 Å². The van der Waals surface area contributed by atoms with E-state index >= 15 is 0 Å². The van der Waals surface area contributed by atoms with Gasteiger partial charge in [-0.3, -0.25) is 4.79 Å². The first-order chi connectivity index (χ1) is 7.50. The monoisotopic (exact) mass is 226 g/mol. The highest BCUT2D eigenvalue weighted by Gasteiger charge is 2.04. The summed E-state index contributed by atoms with van der Waals surface area (Å²) in [6.45, 7) is 1.36. The van der Waals surface area contributed by atoms with Crippen LogP contribution in [0.25, 0.3) is 6.08 Å². The highest BCUT2D eigenvalue weighted by atomic mass is 19.1. The SMILES string of the molecule is Cc1c(F)cc(C=CCCC(=O)O)cc1F. The van der Waals surface area contributed by atoms with E-state index in [-0.39, 0.29) is 12.0 Å². The van der Waals surface area contributed by atoms with Crippen molar-refractivity contribution in [1.29, 1.82) is 0 Å². The molecule has 4 heteroatoms. The molecular formula is C12H12F2O2. The second-order valence-electron chi connectivity index (χ2n) is 3.44. The van der Waals surface area contributed by atoms with Crippen molar-refractivity contribution >= 4 is 12.0 Å². The molecule has 0 amide bonds. The van der Waals surface area contributed by atoms with E-state index in [9.17, 15) is 13.6 Å². The predicted octanol–water partition coefficient (Wildman–Crippen LogP) is 3.15. The predicted molar refractivity (Wildman–Crippen MR) is 57.0 cm³/mol. The molecule has 0 aliphatic carbocycles. The standard InChI is InChI=1S/C12H12F2O2/c1-8-10(13)6-9(7-11(8)14)4-2-3-5-12(15)16/h2,4,6-7H,3,5H2,1H3,(H,15,16). The van der Waals surface area contributed by atoms with Crippen LogP contribution in [0.2, 0.25) is 0 Å². The van der Waals surface area contributed by atoms with Crippen molar-refractivity contribution in [3.05, 3.63) is 41.0 Å². The van der Waals surface area contributed by atoms with Gasteiger partial charge in [0, 0.05) is 12.0 Å². The number of carboxylic acid groups (broad SMARTS) is 1. The van der Waals surface area contributed by atoms with Gasteiger partial charge < -0.3 is 5.11 Å². The van der Waals surface area contributed by atoms with Crippen LogP contribution in [0.15, 0.2) is 18.2 Å². The molecule has 0 saturated carbocycles. The number of halogens is 2. The third kappa shape index (κ3) is 3.46. The highest BCUT2D eigenvalue weighted by molar-refractivity contribution is 5.67. The highest BCUT2D eigenvalue weighted by Crippen LogP contribution is 2.15. The molecule has 0 fully saturated rings. The van der Waals surface area contributed by atoms with E-state index in [0.717, 1.165) is 0 Å². The third-order valence-corrected chi connectivity index (χ3v) is 2.14. The van der Waals surface area contributed by atoms with E-state index in [1.807, 2.05) is 0 Å². The molecular weight excluding hydrogens is 214 g/mol. The summed E-state index contributed by atoms with van der Waals surface area (Å²) < 4.78 is 26.2. The van der Waals surface area contributed by atoms with Crippen LogP contribution < -0.4 is 0 Å². The van der Waals surface area contributed by atoms with E-state index in [0.29, 0.717) is 12.0 Å². The minimum Gasteiger partial charge on any atom is -0.481 e. The molecule has 1 aromatic rings. The maximum Gasteiger partial charge on any atom is 0.303 e. The Hall–Kier alpha value is -1.71. The van der Waals surface area contributed by atoms with E-state index in [4.69, 9.17) is 5.11 Å². The van der Waals surface area contributed by atoms with Crippen LogP contribution in [0.1, 0.15) is 24.0 Å². The molecule has 16 heavy (non-hydrogen) atoms. The molecule has 86 valence electrons. The van der Waals surface area contributed by atoms with Crippen molar-refractivity contribution in [3.63, 3.8) is 0 Å². The van der Waals surface area contributed by atoms with Crippen molar-refractivity contribution in [1.82, 2.24) is 0 Å². The van der Waals surface area contributed by atoms with Crippen molar-refractivity contribution in [2.24, 2.45) is 0 Å². The van der Waals surface area contributed by atoms with Gasteiger partial charge in [0.2, 0.25) is 0 Å². The molecule has 1 N–H and O–H groups in total. The number of carbonyl (C=O) groups is 1. The van der Waals surface area contributed by atoms with Gasteiger partial charge in [-0.1, -0.05) is 12.2 Å². The van der Waals surface area contributed by atoms with E-state index < -0.39 is 17.6 Å². The van der Waals surface area contributed by atoms with Gasteiger partial charge in [-0.05, 0) is 31.0 Å². The van der Waals surface area contributed by atoms with Crippen LogP contribution in [-0.2, 0) is 4.79 Å². The first-order valence-electron chi connectivity index (χ1n) is 4.84. The molecule has 1 aromatic carbocycles. The molecule has 0 aliphatic heterocycles. The van der Waals surface area contributed by atoms with Crippen LogP contribution in [-0.4, -0.2) is 11.1 Å². The number of rotatable bonds is 4. The fraction of sp³-hybridized carbons (Fsp3) is 0.250. The molecule has 2 nitrogen and oxygen atoms in total. The van der Waals surface area contributed by atoms with Gasteiger partial charge in [0.25, 0.3) is 0 Å². The summed E-state index contributed by atoms with van der Waals surface area (Å²) >= 11 is 0. The average molecular weight is 226 g/mol. The fourth-order valence-electron chi connectivity index (χ4n) is 1.19. The molecule has 1 rings (SSSR count). The Kier molecular flexibility index (Phi) is 4.17. The Bertz CT molecular complexity index is 402. The Morgan fingerprint density at radius 2 is 1.94 bits per heavy atom. The number of aliphatic carboxylic acids is 1. The topological polar surface area (TPSA) is 37.3 Å². The third-order valence-electron chi connectivity index (χ3n) is 2.14. The first-order valence-corrected chi connectivity index (χ1v) is 4.84. The Morgan fingerprint density at radius 3 is 2.44 bits per heavy atom. The zero-order chi connectivity index (χ0) is 12.1. The Morgan fingerprint density at radius 1 is 1.38 bits per heavy atom. The molecule has 0 heterocycles. The Labute approximate surface area is 92.2 Å². The summed E-state index contributed by atoms with van der Waals surface area (Å²) in [6.07, 6.45) is 3.44. The molecule has 0 unspecified atom stereocenters. The van der Waals surface area contributed by atoms with Gasteiger partial charge in [-0.15, -0.1) is 0 Å². The van der Waals surface area contributed by atoms with Crippen LogP contribution in [0.5, 0.6) is 0 Å². The van der Waals surface area contributed by atoms with Gasteiger partial charge >= 0.3 is 5.97 Å². The number of allylic oxidation sites excluding steroid dienone is 1. The second kappa shape index (κ2) is 5.39. The van der Waals surface area contributed by atoms with Gasteiger partial charge in [0.1, 0.15) is 11.6 Å². The maximum absolute atomic E-state index is 13.1. The summed E-state index contributed by atoms with van der Waals surface area (Å²) in [6, 6.07) is 2.44. The van der Waals surface area contributed by atoms with Crippen molar-refractivity contribution in [2.45, 2.75) is 19.8 Å². The van der Waals surface area contributed by atoms with Gasteiger partial charge in [0.05, 0.1) is 0 Å².